The topological polar surface area (TPSA) is 91.3 Å². The number of rotatable bonds is 2. The number of imide groups is 1. The van der Waals surface area contributed by atoms with Gasteiger partial charge in [-0.05, 0) is 25.8 Å². The Balaban J connectivity index is 1.43. The predicted molar refractivity (Wildman–Crippen MR) is 102 cm³/mol. The van der Waals surface area contributed by atoms with Gasteiger partial charge in [-0.1, -0.05) is 35.0 Å². The largest absolute Gasteiger partial charge is 0.379 e. The van der Waals surface area contributed by atoms with Crippen molar-refractivity contribution in [2.45, 2.75) is 37.3 Å². The van der Waals surface area contributed by atoms with Crippen LogP contribution in [-0.2, 0) is 14.4 Å². The summed E-state index contributed by atoms with van der Waals surface area (Å²) in [6.45, 7) is 2.43. The molecule has 0 saturated carbocycles. The number of amides is 4. The zero-order valence-corrected chi connectivity index (χ0v) is 16.5. The van der Waals surface area contributed by atoms with Crippen LogP contribution < -0.4 is 5.32 Å². The summed E-state index contributed by atoms with van der Waals surface area (Å²) in [6.07, 6.45) is 1.07. The van der Waals surface area contributed by atoms with Crippen molar-refractivity contribution in [1.82, 2.24) is 15.1 Å². The fraction of sp³-hybridized carbons (Fsp3) is 0.474. The smallest absolute Gasteiger partial charge is 0.324 e. The van der Waals surface area contributed by atoms with Gasteiger partial charge in [-0.25, -0.2) is 4.79 Å². The lowest BCUT2D eigenvalue weighted by molar-refractivity contribution is -0.156. The summed E-state index contributed by atoms with van der Waals surface area (Å²) in [6, 6.07) is 6.90. The lowest BCUT2D eigenvalue weighted by Crippen LogP contribution is -2.58. The van der Waals surface area contributed by atoms with E-state index in [0.29, 0.717) is 43.1 Å². The molecule has 1 spiro atoms. The number of benzene rings is 1. The predicted octanol–water partition coefficient (Wildman–Crippen LogP) is 1.77. The molecule has 148 valence electrons. The third-order valence-electron chi connectivity index (χ3n) is 5.77. The third kappa shape index (κ3) is 2.83. The molecule has 3 aliphatic rings. The van der Waals surface area contributed by atoms with Crippen LogP contribution >= 0.6 is 11.6 Å². The van der Waals surface area contributed by atoms with Crippen molar-refractivity contribution >= 4 is 35.2 Å². The van der Waals surface area contributed by atoms with Crippen LogP contribution in [0.15, 0.2) is 29.4 Å². The summed E-state index contributed by atoms with van der Waals surface area (Å²) < 4.78 is 0. The first-order valence-corrected chi connectivity index (χ1v) is 9.53. The molecule has 3 aliphatic heterocycles. The maximum Gasteiger partial charge on any atom is 0.324 e. The molecule has 4 rings (SSSR count). The summed E-state index contributed by atoms with van der Waals surface area (Å²) in [5, 5.41) is 7.44. The molecular formula is C19H21ClN4O4. The van der Waals surface area contributed by atoms with Gasteiger partial charge in [0, 0.05) is 37.1 Å². The van der Waals surface area contributed by atoms with E-state index in [1.165, 1.54) is 7.05 Å². The van der Waals surface area contributed by atoms with E-state index < -0.39 is 17.2 Å². The van der Waals surface area contributed by atoms with Gasteiger partial charge in [0.1, 0.15) is 5.54 Å². The van der Waals surface area contributed by atoms with Crippen molar-refractivity contribution in [3.8, 4) is 0 Å². The van der Waals surface area contributed by atoms with Crippen LogP contribution in [0.1, 0.15) is 31.7 Å². The van der Waals surface area contributed by atoms with E-state index in [0.717, 1.165) is 10.5 Å². The second-order valence-corrected chi connectivity index (χ2v) is 8.09. The highest BCUT2D eigenvalue weighted by atomic mass is 35.5. The van der Waals surface area contributed by atoms with Gasteiger partial charge < -0.3 is 15.1 Å². The number of hydrogen-bond acceptors (Lipinski definition) is 5. The maximum atomic E-state index is 13.1. The Kier molecular flexibility index (Phi) is 4.33. The Labute approximate surface area is 167 Å². The standard InChI is InChI=1S/C19H21ClN4O4/c1-18(11-14(22-28-18)12-5-3-4-6-13(12)20)15(25)24-9-7-19(8-10-24)16(26)23(2)17(27)21-19/h3-6H,7-11H2,1-2H3,(H,21,27)/t18-/m0/s1. The molecular weight excluding hydrogens is 384 g/mol. The number of nitrogens with one attached hydrogen (secondary N) is 1. The molecule has 3 heterocycles. The molecule has 1 N–H and O–H groups in total. The van der Waals surface area contributed by atoms with Gasteiger partial charge in [0.05, 0.1) is 5.71 Å². The molecule has 0 unspecified atom stereocenters. The summed E-state index contributed by atoms with van der Waals surface area (Å²) >= 11 is 6.23. The van der Waals surface area contributed by atoms with Gasteiger partial charge in [0.2, 0.25) is 5.60 Å². The van der Waals surface area contributed by atoms with Crippen LogP contribution in [0.3, 0.4) is 0 Å². The number of likely N-dealkylation sites (tertiary alicyclic amines) is 1. The third-order valence-corrected chi connectivity index (χ3v) is 6.10. The molecule has 2 fully saturated rings. The van der Waals surface area contributed by atoms with E-state index in [4.69, 9.17) is 16.4 Å². The van der Waals surface area contributed by atoms with Gasteiger partial charge in [0.15, 0.2) is 0 Å². The SMILES string of the molecule is CN1C(=O)NC2(CCN(C(=O)[C@]3(C)CC(c4ccccc4Cl)=NO3)CC2)C1=O. The van der Waals surface area contributed by atoms with Crippen LogP contribution in [0.5, 0.6) is 0 Å². The molecule has 28 heavy (non-hydrogen) atoms. The minimum atomic E-state index is -1.11. The molecule has 8 nitrogen and oxygen atoms in total. The lowest BCUT2D eigenvalue weighted by atomic mass is 9.86. The minimum absolute atomic E-state index is 0.182. The van der Waals surface area contributed by atoms with E-state index >= 15 is 0 Å². The number of carbonyl (C=O) groups excluding carboxylic acids is 3. The van der Waals surface area contributed by atoms with E-state index in [1.54, 1.807) is 17.9 Å². The highest BCUT2D eigenvalue weighted by Crippen LogP contribution is 2.34. The van der Waals surface area contributed by atoms with Gasteiger partial charge in [-0.2, -0.15) is 0 Å². The van der Waals surface area contributed by atoms with Crippen LogP contribution in [-0.4, -0.2) is 64.6 Å². The van der Waals surface area contributed by atoms with Crippen LogP contribution in [0.25, 0.3) is 0 Å². The minimum Gasteiger partial charge on any atom is -0.379 e. The number of carbonyl (C=O) groups is 3. The Morgan fingerprint density at radius 1 is 1.25 bits per heavy atom. The molecule has 0 aromatic heterocycles. The van der Waals surface area contributed by atoms with Crippen molar-refractivity contribution < 1.29 is 19.2 Å². The number of urea groups is 1. The molecule has 0 aliphatic carbocycles. The van der Waals surface area contributed by atoms with E-state index in [1.807, 2.05) is 18.2 Å². The van der Waals surface area contributed by atoms with Crippen LogP contribution in [0.2, 0.25) is 5.02 Å². The second-order valence-electron chi connectivity index (χ2n) is 7.69. The van der Waals surface area contributed by atoms with Crippen molar-refractivity contribution in [3.63, 3.8) is 0 Å². The van der Waals surface area contributed by atoms with E-state index in [-0.39, 0.29) is 11.8 Å². The maximum absolute atomic E-state index is 13.1. The summed E-state index contributed by atoms with van der Waals surface area (Å²) in [5.74, 6) is -0.421. The van der Waals surface area contributed by atoms with Crippen molar-refractivity contribution in [2.24, 2.45) is 5.16 Å². The first-order chi connectivity index (χ1) is 13.3. The Bertz CT molecular complexity index is 894. The molecule has 9 heteroatoms. The normalized spacial score (nSPS) is 26.3. The number of oxime groups is 1. The first kappa shape index (κ1) is 18.7. The molecule has 4 amide bonds. The molecule has 1 aromatic rings. The fourth-order valence-electron chi connectivity index (χ4n) is 4.01. The highest BCUT2D eigenvalue weighted by Gasteiger charge is 2.53. The van der Waals surface area contributed by atoms with Crippen LogP contribution in [0.4, 0.5) is 4.79 Å². The van der Waals surface area contributed by atoms with E-state index in [2.05, 4.69) is 10.5 Å². The Morgan fingerprint density at radius 2 is 1.93 bits per heavy atom. The van der Waals surface area contributed by atoms with Gasteiger partial charge in [-0.3, -0.25) is 14.5 Å². The molecule has 2 saturated heterocycles. The number of hydrogen-bond donors (Lipinski definition) is 1. The average Bonchev–Trinajstić information content (AvgIpc) is 3.18. The number of nitrogens with zero attached hydrogens (tertiary/aromatic N) is 3. The zero-order valence-electron chi connectivity index (χ0n) is 15.7. The first-order valence-electron chi connectivity index (χ1n) is 9.15. The summed E-state index contributed by atoms with van der Waals surface area (Å²) in [7, 11) is 1.46. The lowest BCUT2D eigenvalue weighted by Gasteiger charge is -2.39. The summed E-state index contributed by atoms with van der Waals surface area (Å²) in [4.78, 5) is 45.6. The Morgan fingerprint density at radius 3 is 2.54 bits per heavy atom. The Hall–Kier alpha value is -2.61. The molecule has 1 aromatic carbocycles. The van der Waals surface area contributed by atoms with Gasteiger partial charge in [-0.15, -0.1) is 0 Å². The number of piperidine rings is 1. The average molecular weight is 405 g/mol. The van der Waals surface area contributed by atoms with Crippen molar-refractivity contribution in [1.29, 1.82) is 0 Å². The number of halogens is 1. The fourth-order valence-corrected chi connectivity index (χ4v) is 4.26. The molecule has 0 radical (unpaired) electrons. The quantitative estimate of drug-likeness (QED) is 0.760. The zero-order chi connectivity index (χ0) is 20.1. The highest BCUT2D eigenvalue weighted by molar-refractivity contribution is 6.34. The van der Waals surface area contributed by atoms with Gasteiger partial charge >= 0.3 is 6.03 Å². The van der Waals surface area contributed by atoms with E-state index in [9.17, 15) is 14.4 Å². The number of likely N-dealkylation sites (N-methyl/N-ethyl adjacent to an activating group) is 1. The van der Waals surface area contributed by atoms with Gasteiger partial charge in [0.25, 0.3) is 11.8 Å². The van der Waals surface area contributed by atoms with Crippen molar-refractivity contribution in [2.75, 3.05) is 20.1 Å². The van der Waals surface area contributed by atoms with Crippen LogP contribution in [0, 0.1) is 0 Å². The molecule has 1 atom stereocenters. The summed E-state index contributed by atoms with van der Waals surface area (Å²) in [5.41, 5.74) is -0.631. The monoisotopic (exact) mass is 404 g/mol. The second kappa shape index (κ2) is 6.48. The molecule has 0 bridgehead atoms. The van der Waals surface area contributed by atoms with Crippen molar-refractivity contribution in [3.05, 3.63) is 34.9 Å².